The topological polar surface area (TPSA) is 115 Å². The van der Waals surface area contributed by atoms with Gasteiger partial charge in [0.15, 0.2) is 0 Å². The van der Waals surface area contributed by atoms with Crippen molar-refractivity contribution in [3.63, 3.8) is 0 Å². The van der Waals surface area contributed by atoms with E-state index in [0.717, 1.165) is 71.6 Å². The summed E-state index contributed by atoms with van der Waals surface area (Å²) in [6.07, 6.45) is 8.20. The van der Waals surface area contributed by atoms with Gasteiger partial charge in [-0.05, 0) is 61.2 Å². The molecule has 11 nitrogen and oxygen atoms in total. The molecule has 0 saturated carbocycles. The molecule has 3 aromatic heterocycles. The first-order chi connectivity index (χ1) is 24.8. The quantitative estimate of drug-likeness (QED) is 0.0923. The van der Waals surface area contributed by atoms with Gasteiger partial charge in [-0.1, -0.05) is 41.9 Å². The maximum absolute atomic E-state index is 13.0. The van der Waals surface area contributed by atoms with Crippen LogP contribution in [0.3, 0.4) is 0 Å². The van der Waals surface area contributed by atoms with Crippen molar-refractivity contribution in [3.8, 4) is 28.3 Å². The van der Waals surface area contributed by atoms with E-state index in [1.54, 1.807) is 44.6 Å². The third kappa shape index (κ3) is 7.18. The predicted molar refractivity (Wildman–Crippen MR) is 199 cm³/mol. The molecule has 4 heterocycles. The fraction of sp³-hybridized carbons (Fsp3) is 0.333. The number of halogens is 1. The zero-order valence-electron chi connectivity index (χ0n) is 29.6. The predicted octanol–water partition coefficient (Wildman–Crippen LogP) is 6.05. The van der Waals surface area contributed by atoms with Gasteiger partial charge in [0, 0.05) is 60.7 Å². The van der Waals surface area contributed by atoms with Crippen LogP contribution in [0.25, 0.3) is 33.2 Å². The van der Waals surface area contributed by atoms with Crippen LogP contribution in [0.2, 0.25) is 5.02 Å². The van der Waals surface area contributed by atoms with Crippen molar-refractivity contribution in [2.45, 2.75) is 32.2 Å². The second kappa shape index (κ2) is 16.1. The van der Waals surface area contributed by atoms with E-state index >= 15 is 0 Å². The Morgan fingerprint density at radius 3 is 2.71 bits per heavy atom. The molecule has 7 rings (SSSR count). The van der Waals surface area contributed by atoms with E-state index in [0.29, 0.717) is 47.2 Å². The van der Waals surface area contributed by atoms with E-state index < -0.39 is 0 Å². The number of benzene rings is 2. The summed E-state index contributed by atoms with van der Waals surface area (Å²) in [6.45, 7) is 5.40. The number of aromatic nitrogens is 4. The second-order valence-electron chi connectivity index (χ2n) is 13.1. The van der Waals surface area contributed by atoms with Crippen LogP contribution in [0.15, 0.2) is 65.7 Å². The minimum Gasteiger partial charge on any atom is -0.540 e. The number of anilines is 2. The maximum atomic E-state index is 13.0. The Kier molecular flexibility index (Phi) is 11.6. The molecule has 1 amide bonds. The number of pyridine rings is 2. The van der Waals surface area contributed by atoms with Gasteiger partial charge in [-0.2, -0.15) is 17.9 Å². The molecule has 2 aromatic carbocycles. The Balaban J connectivity index is 0.00000464. The largest absolute Gasteiger partial charge is 2.00 e. The summed E-state index contributed by atoms with van der Waals surface area (Å²) in [4.78, 5) is 38.1. The minimum absolute atomic E-state index is 0. The first-order valence-electron chi connectivity index (χ1n) is 17.0. The smallest absolute Gasteiger partial charge is 0.540 e. The molecule has 1 unspecified atom stereocenters. The van der Waals surface area contributed by atoms with Gasteiger partial charge in [0.25, 0.3) is 5.56 Å². The molecule has 1 atom stereocenters. The first-order valence-corrected chi connectivity index (χ1v) is 17.4. The zero-order valence-corrected chi connectivity index (χ0v) is 31.5. The molecule has 1 N–H and O–H groups in total. The molecule has 52 heavy (non-hydrogen) atoms. The van der Waals surface area contributed by atoms with Crippen molar-refractivity contribution in [2.75, 3.05) is 52.3 Å². The Morgan fingerprint density at radius 2 is 1.92 bits per heavy atom. The Morgan fingerprint density at radius 1 is 1.13 bits per heavy atom. The molecule has 2 aliphatic rings. The third-order valence-electron chi connectivity index (χ3n) is 10.1. The van der Waals surface area contributed by atoms with E-state index in [2.05, 4.69) is 32.8 Å². The number of nitrogens with zero attached hydrogens (tertiary/aromatic N) is 6. The van der Waals surface area contributed by atoms with Gasteiger partial charge in [-0.25, -0.2) is 14.6 Å². The summed E-state index contributed by atoms with van der Waals surface area (Å²) in [6, 6.07) is 16.1. The minimum atomic E-state index is -0.224. The SMILES string of the molecule is COCCN([C-]=O)C[C-]1CCN(C2CCc3cc(-c4cccc(-c5cccc(Nc6nccc7cnn(C)c(=O)c67)c5C)c4Cl)nc(OC)c32)C1.[Mn+2]. The van der Waals surface area contributed by atoms with Gasteiger partial charge >= 0.3 is 17.1 Å². The molecule has 269 valence electrons. The van der Waals surface area contributed by atoms with E-state index in [-0.39, 0.29) is 28.7 Å². The van der Waals surface area contributed by atoms with Crippen LogP contribution in [-0.4, -0.2) is 83.0 Å². The Labute approximate surface area is 318 Å². The maximum Gasteiger partial charge on any atom is 2.00 e. The summed E-state index contributed by atoms with van der Waals surface area (Å²) < 4.78 is 12.4. The molecule has 1 radical (unpaired) electrons. The summed E-state index contributed by atoms with van der Waals surface area (Å²) in [5, 5.41) is 9.32. The molecule has 0 bridgehead atoms. The van der Waals surface area contributed by atoms with Crippen LogP contribution < -0.4 is 15.6 Å². The van der Waals surface area contributed by atoms with E-state index in [1.807, 2.05) is 43.3 Å². The monoisotopic (exact) mass is 760 g/mol. The van der Waals surface area contributed by atoms with E-state index in [4.69, 9.17) is 26.1 Å². The Bertz CT molecular complexity index is 2160. The van der Waals surface area contributed by atoms with Crippen LogP contribution in [-0.2, 0) is 40.1 Å². The summed E-state index contributed by atoms with van der Waals surface area (Å²) in [7, 11) is 4.94. The van der Waals surface area contributed by atoms with Gasteiger partial charge in [0.1, 0.15) is 5.82 Å². The van der Waals surface area contributed by atoms with Crippen LogP contribution >= 0.6 is 11.6 Å². The summed E-state index contributed by atoms with van der Waals surface area (Å²) in [5.74, 6) is 2.41. The fourth-order valence-electron chi connectivity index (χ4n) is 7.41. The number of carbonyl (C=O) groups excluding carboxylic acids is 1. The van der Waals surface area contributed by atoms with Crippen molar-refractivity contribution in [3.05, 3.63) is 98.9 Å². The summed E-state index contributed by atoms with van der Waals surface area (Å²) in [5.41, 5.74) is 7.29. The fourth-order valence-corrected chi connectivity index (χ4v) is 7.73. The van der Waals surface area contributed by atoms with Crippen molar-refractivity contribution in [2.24, 2.45) is 7.05 Å². The van der Waals surface area contributed by atoms with Gasteiger partial charge in [-0.15, -0.1) is 13.1 Å². The number of ether oxygens (including phenoxy) is 2. The van der Waals surface area contributed by atoms with Crippen LogP contribution in [0.4, 0.5) is 11.5 Å². The Hall–Kier alpha value is -4.32. The molecule has 1 aliphatic heterocycles. The molecular weight excluding hydrogens is 721 g/mol. The molecule has 13 heteroatoms. The van der Waals surface area contributed by atoms with Crippen molar-refractivity contribution < 1.29 is 31.3 Å². The van der Waals surface area contributed by atoms with E-state index in [9.17, 15) is 9.59 Å². The zero-order chi connectivity index (χ0) is 35.6. The van der Waals surface area contributed by atoms with E-state index in [1.165, 1.54) is 16.2 Å². The van der Waals surface area contributed by atoms with Crippen molar-refractivity contribution >= 4 is 40.3 Å². The number of fused-ring (bicyclic) bond motifs is 2. The molecule has 5 aromatic rings. The number of amides is 1. The molecule has 0 spiro atoms. The molecule has 1 fully saturated rings. The number of likely N-dealkylation sites (tertiary alicyclic amines) is 1. The standard InChI is InChI=1S/C39H40ClN7O4.Mn/c1-24-28(7-6-10-31(24)43-37-35-27(13-15-41-37)20-42-45(2)39(35)49)29-8-5-9-30(36(29)40)32-19-26-11-12-33(34(26)38(44-32)51-4)47-16-14-25(22-47)21-46(23-48)17-18-50-3;/h5-10,13,15,19-20,33H,11-12,14,16-18,21-22H2,1-4H3,(H,41,43);/q-2;+2. The second-order valence-corrected chi connectivity index (χ2v) is 13.5. The average Bonchev–Trinajstić information content (AvgIpc) is 3.79. The third-order valence-corrected chi connectivity index (χ3v) is 10.5. The van der Waals surface area contributed by atoms with Gasteiger partial charge in [0.05, 0.1) is 36.0 Å². The van der Waals surface area contributed by atoms with Gasteiger partial charge in [-0.3, -0.25) is 10.7 Å². The molecule has 1 saturated heterocycles. The summed E-state index contributed by atoms with van der Waals surface area (Å²) >= 11 is 7.24. The molecular formula is C39H40ClMnN7O4. The number of aryl methyl sites for hydroxylation is 2. The normalized spacial score (nSPS) is 15.8. The number of methoxy groups -OCH3 is 2. The first kappa shape index (κ1) is 37.4. The van der Waals surface area contributed by atoms with Crippen molar-refractivity contribution in [1.82, 2.24) is 29.5 Å². The number of nitrogens with one attached hydrogen (secondary N) is 1. The molecule has 1 aliphatic carbocycles. The average molecular weight is 761 g/mol. The van der Waals surface area contributed by atoms with Crippen LogP contribution in [0.1, 0.15) is 35.6 Å². The number of hydrogen-bond acceptors (Lipinski definition) is 9. The van der Waals surface area contributed by atoms with Gasteiger partial charge < -0.3 is 29.4 Å². The van der Waals surface area contributed by atoms with Gasteiger partial charge in [0.2, 0.25) is 5.88 Å². The number of hydrogen-bond donors (Lipinski definition) is 1. The van der Waals surface area contributed by atoms with Crippen LogP contribution in [0, 0.1) is 12.8 Å². The van der Waals surface area contributed by atoms with Crippen molar-refractivity contribution in [1.29, 1.82) is 0 Å². The van der Waals surface area contributed by atoms with Crippen LogP contribution in [0.5, 0.6) is 5.88 Å². The number of rotatable bonds is 12.